The van der Waals surface area contributed by atoms with E-state index >= 15 is 0 Å². The fourth-order valence-corrected chi connectivity index (χ4v) is 3.01. The van der Waals surface area contributed by atoms with Crippen molar-refractivity contribution in [3.63, 3.8) is 0 Å². The SMILES string of the molecule is Cc1ccc(C(=O)OCC(=O)NCCc2ccc(S(N)(=O)=O)cc2)c(C)c1. The molecular formula is C19H22N2O5S. The molecule has 0 heterocycles. The number of aryl methyl sites for hydroxylation is 2. The van der Waals surface area contributed by atoms with E-state index in [9.17, 15) is 18.0 Å². The van der Waals surface area contributed by atoms with Gasteiger partial charge in [-0.2, -0.15) is 0 Å². The molecule has 0 aromatic heterocycles. The maximum Gasteiger partial charge on any atom is 0.338 e. The molecule has 0 atom stereocenters. The Kier molecular flexibility index (Phi) is 6.70. The molecule has 0 fully saturated rings. The highest BCUT2D eigenvalue weighted by molar-refractivity contribution is 7.89. The number of carbonyl (C=O) groups excluding carboxylic acids is 2. The Labute approximate surface area is 158 Å². The molecular weight excluding hydrogens is 368 g/mol. The fourth-order valence-electron chi connectivity index (χ4n) is 2.49. The van der Waals surface area contributed by atoms with Gasteiger partial charge in [-0.05, 0) is 49.6 Å². The third-order valence-corrected chi connectivity index (χ3v) is 4.85. The second kappa shape index (κ2) is 8.79. The van der Waals surface area contributed by atoms with Crippen molar-refractivity contribution >= 4 is 21.9 Å². The van der Waals surface area contributed by atoms with E-state index in [1.54, 1.807) is 18.2 Å². The number of ether oxygens (including phenoxy) is 1. The fraction of sp³-hybridized carbons (Fsp3) is 0.263. The first-order valence-electron chi connectivity index (χ1n) is 8.29. The maximum atomic E-state index is 12.0. The first-order valence-corrected chi connectivity index (χ1v) is 9.84. The molecule has 3 N–H and O–H groups in total. The predicted octanol–water partition coefficient (Wildman–Crippen LogP) is 1.47. The van der Waals surface area contributed by atoms with Crippen LogP contribution in [-0.2, 0) is 26.0 Å². The quantitative estimate of drug-likeness (QED) is 0.695. The smallest absolute Gasteiger partial charge is 0.338 e. The Bertz CT molecular complexity index is 937. The normalized spacial score (nSPS) is 11.1. The van der Waals surface area contributed by atoms with Crippen LogP contribution in [0.15, 0.2) is 47.4 Å². The van der Waals surface area contributed by atoms with Crippen LogP contribution in [0.25, 0.3) is 0 Å². The highest BCUT2D eigenvalue weighted by Crippen LogP contribution is 2.12. The van der Waals surface area contributed by atoms with E-state index in [1.165, 1.54) is 12.1 Å². The van der Waals surface area contributed by atoms with Gasteiger partial charge in [0.2, 0.25) is 10.0 Å². The number of primary sulfonamides is 1. The van der Waals surface area contributed by atoms with Crippen LogP contribution in [0.1, 0.15) is 27.0 Å². The van der Waals surface area contributed by atoms with Gasteiger partial charge in [0.15, 0.2) is 6.61 Å². The van der Waals surface area contributed by atoms with Crippen LogP contribution in [-0.4, -0.2) is 33.4 Å². The lowest BCUT2D eigenvalue weighted by Gasteiger charge is -2.09. The summed E-state index contributed by atoms with van der Waals surface area (Å²) >= 11 is 0. The molecule has 2 rings (SSSR count). The van der Waals surface area contributed by atoms with Gasteiger partial charge in [0.1, 0.15) is 0 Å². The molecule has 0 radical (unpaired) electrons. The Morgan fingerprint density at radius 3 is 2.33 bits per heavy atom. The van der Waals surface area contributed by atoms with Crippen molar-refractivity contribution in [2.24, 2.45) is 5.14 Å². The molecule has 1 amide bonds. The third-order valence-electron chi connectivity index (χ3n) is 3.92. The van der Waals surface area contributed by atoms with Crippen molar-refractivity contribution in [2.45, 2.75) is 25.2 Å². The molecule has 2 aromatic carbocycles. The van der Waals surface area contributed by atoms with Gasteiger partial charge in [0.25, 0.3) is 5.91 Å². The number of nitrogens with two attached hydrogens (primary N) is 1. The lowest BCUT2D eigenvalue weighted by molar-refractivity contribution is -0.124. The standard InChI is InChI=1S/C19H22N2O5S/c1-13-3-8-17(14(2)11-13)19(23)26-12-18(22)21-10-9-15-4-6-16(7-5-15)27(20,24)25/h3-8,11H,9-10,12H2,1-2H3,(H,21,22)(H2,20,24,25). The number of amides is 1. The summed E-state index contributed by atoms with van der Waals surface area (Å²) < 4.78 is 27.4. The summed E-state index contributed by atoms with van der Waals surface area (Å²) in [5.74, 6) is -0.949. The van der Waals surface area contributed by atoms with Crippen LogP contribution >= 0.6 is 0 Å². The molecule has 0 aliphatic carbocycles. The highest BCUT2D eigenvalue weighted by atomic mass is 32.2. The Morgan fingerprint density at radius 2 is 1.74 bits per heavy atom. The number of carbonyl (C=O) groups is 2. The van der Waals surface area contributed by atoms with E-state index in [0.29, 0.717) is 18.5 Å². The Balaban J connectivity index is 1.77. The molecule has 27 heavy (non-hydrogen) atoms. The van der Waals surface area contributed by atoms with Crippen LogP contribution in [0.3, 0.4) is 0 Å². The van der Waals surface area contributed by atoms with Crippen molar-refractivity contribution in [3.05, 3.63) is 64.7 Å². The first-order chi connectivity index (χ1) is 12.7. The molecule has 8 heteroatoms. The summed E-state index contributed by atoms with van der Waals surface area (Å²) in [6, 6.07) is 11.5. The summed E-state index contributed by atoms with van der Waals surface area (Å²) in [5.41, 5.74) is 3.11. The summed E-state index contributed by atoms with van der Waals surface area (Å²) in [4.78, 5) is 23.9. The zero-order chi connectivity index (χ0) is 20.0. The van der Waals surface area contributed by atoms with Crippen molar-refractivity contribution in [3.8, 4) is 0 Å². The van der Waals surface area contributed by atoms with Gasteiger partial charge < -0.3 is 10.1 Å². The second-order valence-electron chi connectivity index (χ2n) is 6.18. The minimum atomic E-state index is -3.72. The van der Waals surface area contributed by atoms with Gasteiger partial charge in [-0.15, -0.1) is 0 Å². The van der Waals surface area contributed by atoms with Crippen LogP contribution in [0.2, 0.25) is 0 Å². The molecule has 0 bridgehead atoms. The van der Waals surface area contributed by atoms with Gasteiger partial charge in [-0.1, -0.05) is 29.8 Å². The summed E-state index contributed by atoms with van der Waals surface area (Å²) in [6.07, 6.45) is 0.502. The average Bonchev–Trinajstić information content (AvgIpc) is 2.59. The number of sulfonamides is 1. The number of hydrogen-bond donors (Lipinski definition) is 2. The number of esters is 1. The van der Waals surface area contributed by atoms with E-state index in [2.05, 4.69) is 5.32 Å². The molecule has 0 aliphatic rings. The molecule has 7 nitrogen and oxygen atoms in total. The second-order valence-corrected chi connectivity index (χ2v) is 7.74. The molecule has 2 aromatic rings. The van der Waals surface area contributed by atoms with Gasteiger partial charge in [0, 0.05) is 6.54 Å². The third kappa shape index (κ3) is 6.19. The number of hydrogen-bond acceptors (Lipinski definition) is 5. The lowest BCUT2D eigenvalue weighted by Crippen LogP contribution is -2.30. The molecule has 0 spiro atoms. The van der Waals surface area contributed by atoms with Crippen molar-refractivity contribution < 1.29 is 22.7 Å². The van der Waals surface area contributed by atoms with Crippen LogP contribution < -0.4 is 10.5 Å². The van der Waals surface area contributed by atoms with E-state index < -0.39 is 21.9 Å². The average molecular weight is 390 g/mol. The predicted molar refractivity (Wildman–Crippen MR) is 101 cm³/mol. The summed E-state index contributed by atoms with van der Waals surface area (Å²) in [6.45, 7) is 3.70. The lowest BCUT2D eigenvalue weighted by atomic mass is 10.1. The number of rotatable bonds is 7. The maximum absolute atomic E-state index is 12.0. The van der Waals surface area contributed by atoms with Gasteiger partial charge in [-0.25, -0.2) is 18.4 Å². The van der Waals surface area contributed by atoms with E-state index in [1.807, 2.05) is 26.0 Å². The Morgan fingerprint density at radius 1 is 1.07 bits per heavy atom. The van der Waals surface area contributed by atoms with E-state index in [4.69, 9.17) is 9.88 Å². The van der Waals surface area contributed by atoms with E-state index in [-0.39, 0.29) is 11.5 Å². The zero-order valence-corrected chi connectivity index (χ0v) is 16.0. The molecule has 0 aliphatic heterocycles. The van der Waals surface area contributed by atoms with Crippen molar-refractivity contribution in [2.75, 3.05) is 13.2 Å². The van der Waals surface area contributed by atoms with Gasteiger partial charge in [0.05, 0.1) is 10.5 Å². The zero-order valence-electron chi connectivity index (χ0n) is 15.2. The number of nitrogens with one attached hydrogen (secondary N) is 1. The van der Waals surface area contributed by atoms with Crippen molar-refractivity contribution in [1.29, 1.82) is 0 Å². The molecule has 0 unspecified atom stereocenters. The largest absolute Gasteiger partial charge is 0.452 e. The molecule has 0 saturated heterocycles. The monoisotopic (exact) mass is 390 g/mol. The van der Waals surface area contributed by atoms with Crippen molar-refractivity contribution in [1.82, 2.24) is 5.32 Å². The topological polar surface area (TPSA) is 116 Å². The minimum absolute atomic E-state index is 0.0357. The highest BCUT2D eigenvalue weighted by Gasteiger charge is 2.12. The number of benzene rings is 2. The summed E-state index contributed by atoms with van der Waals surface area (Å²) in [7, 11) is -3.72. The first kappa shape index (κ1) is 20.6. The van der Waals surface area contributed by atoms with Gasteiger partial charge >= 0.3 is 5.97 Å². The summed E-state index contributed by atoms with van der Waals surface area (Å²) in [5, 5.41) is 7.68. The van der Waals surface area contributed by atoms with Crippen LogP contribution in [0.5, 0.6) is 0 Å². The minimum Gasteiger partial charge on any atom is -0.452 e. The van der Waals surface area contributed by atoms with Crippen LogP contribution in [0.4, 0.5) is 0 Å². The molecule has 144 valence electrons. The van der Waals surface area contributed by atoms with Gasteiger partial charge in [-0.3, -0.25) is 4.79 Å². The molecule has 0 saturated carbocycles. The van der Waals surface area contributed by atoms with Crippen LogP contribution in [0, 0.1) is 13.8 Å². The Hall–Kier alpha value is -2.71. The van der Waals surface area contributed by atoms with E-state index in [0.717, 1.165) is 16.7 Å².